The van der Waals surface area contributed by atoms with Gasteiger partial charge in [0.1, 0.15) is 0 Å². The summed E-state index contributed by atoms with van der Waals surface area (Å²) in [5.41, 5.74) is 1.24. The molecule has 2 N–H and O–H groups in total. The van der Waals surface area contributed by atoms with Gasteiger partial charge in [0, 0.05) is 30.9 Å². The molecule has 1 aliphatic carbocycles. The molecule has 0 aromatic heterocycles. The molecule has 2 amide bonds. The van der Waals surface area contributed by atoms with Crippen LogP contribution in [0.3, 0.4) is 0 Å². The summed E-state index contributed by atoms with van der Waals surface area (Å²) < 4.78 is 0. The van der Waals surface area contributed by atoms with Crippen molar-refractivity contribution in [2.24, 2.45) is 0 Å². The molecule has 0 bridgehead atoms. The standard InChI is InChI=1S/C14H19N3O/c18-14(15-11-6-7-11)16-12-8-9-17(10-12)13-4-2-1-3-5-13/h1-5,11-12H,6-10H2,(H2,15,16,18)/t12-/m1/s1. The average Bonchev–Trinajstić information content (AvgIpc) is 3.06. The number of nitrogens with one attached hydrogen (secondary N) is 2. The van der Waals surface area contributed by atoms with E-state index >= 15 is 0 Å². The maximum absolute atomic E-state index is 11.7. The van der Waals surface area contributed by atoms with Gasteiger partial charge in [-0.1, -0.05) is 18.2 Å². The normalized spacial score (nSPS) is 22.9. The van der Waals surface area contributed by atoms with E-state index < -0.39 is 0 Å². The molecule has 2 aliphatic rings. The fourth-order valence-corrected chi connectivity index (χ4v) is 2.39. The Balaban J connectivity index is 1.50. The molecule has 2 fully saturated rings. The van der Waals surface area contributed by atoms with E-state index in [0.29, 0.717) is 6.04 Å². The molecule has 0 spiro atoms. The highest BCUT2D eigenvalue weighted by Gasteiger charge is 2.27. The summed E-state index contributed by atoms with van der Waals surface area (Å²) >= 11 is 0. The van der Waals surface area contributed by atoms with E-state index in [1.165, 1.54) is 5.69 Å². The topological polar surface area (TPSA) is 44.4 Å². The highest BCUT2D eigenvalue weighted by atomic mass is 16.2. The number of carbonyl (C=O) groups excluding carboxylic acids is 1. The lowest BCUT2D eigenvalue weighted by Crippen LogP contribution is -2.44. The molecular formula is C14H19N3O. The number of urea groups is 1. The third-order valence-electron chi connectivity index (χ3n) is 3.56. The van der Waals surface area contributed by atoms with Crippen molar-refractivity contribution >= 4 is 11.7 Å². The maximum Gasteiger partial charge on any atom is 0.315 e. The zero-order valence-corrected chi connectivity index (χ0v) is 10.4. The first-order valence-electron chi connectivity index (χ1n) is 6.68. The van der Waals surface area contributed by atoms with E-state index in [0.717, 1.165) is 32.4 Å². The zero-order chi connectivity index (χ0) is 12.4. The lowest BCUT2D eigenvalue weighted by molar-refractivity contribution is 0.237. The Hall–Kier alpha value is -1.71. The summed E-state index contributed by atoms with van der Waals surface area (Å²) in [5.74, 6) is 0. The van der Waals surface area contributed by atoms with E-state index in [1.807, 2.05) is 6.07 Å². The summed E-state index contributed by atoms with van der Waals surface area (Å²) in [6.45, 7) is 1.92. The number of rotatable bonds is 3. The number of anilines is 1. The number of nitrogens with zero attached hydrogens (tertiary/aromatic N) is 1. The van der Waals surface area contributed by atoms with Gasteiger partial charge in [-0.05, 0) is 31.4 Å². The third kappa shape index (κ3) is 2.75. The monoisotopic (exact) mass is 245 g/mol. The molecule has 1 aromatic carbocycles. The molecule has 1 heterocycles. The van der Waals surface area contributed by atoms with Crippen molar-refractivity contribution < 1.29 is 4.79 Å². The van der Waals surface area contributed by atoms with Crippen LogP contribution in [0.5, 0.6) is 0 Å². The number of benzene rings is 1. The second-order valence-corrected chi connectivity index (χ2v) is 5.16. The average molecular weight is 245 g/mol. The van der Waals surface area contributed by atoms with Crippen LogP contribution in [0.25, 0.3) is 0 Å². The van der Waals surface area contributed by atoms with Gasteiger partial charge in [-0.2, -0.15) is 0 Å². The van der Waals surface area contributed by atoms with E-state index in [9.17, 15) is 4.79 Å². The second kappa shape index (κ2) is 4.88. The summed E-state index contributed by atoms with van der Waals surface area (Å²) in [7, 11) is 0. The van der Waals surface area contributed by atoms with Gasteiger partial charge in [-0.3, -0.25) is 0 Å². The third-order valence-corrected chi connectivity index (χ3v) is 3.56. The Bertz CT molecular complexity index is 416. The van der Waals surface area contributed by atoms with Crippen molar-refractivity contribution in [2.75, 3.05) is 18.0 Å². The van der Waals surface area contributed by atoms with Crippen LogP contribution in [0.4, 0.5) is 10.5 Å². The predicted octanol–water partition coefficient (Wildman–Crippen LogP) is 1.73. The molecule has 0 radical (unpaired) electrons. The Kier molecular flexibility index (Phi) is 3.09. The molecule has 1 aliphatic heterocycles. The zero-order valence-electron chi connectivity index (χ0n) is 10.4. The molecule has 3 rings (SSSR count). The quantitative estimate of drug-likeness (QED) is 0.851. The molecule has 18 heavy (non-hydrogen) atoms. The molecular weight excluding hydrogens is 226 g/mol. The van der Waals surface area contributed by atoms with Crippen LogP contribution in [-0.2, 0) is 0 Å². The maximum atomic E-state index is 11.7. The first-order chi connectivity index (χ1) is 8.81. The van der Waals surface area contributed by atoms with Crippen LogP contribution in [0, 0.1) is 0 Å². The molecule has 0 unspecified atom stereocenters. The van der Waals surface area contributed by atoms with Crippen molar-refractivity contribution in [3.63, 3.8) is 0 Å². The van der Waals surface area contributed by atoms with E-state index in [2.05, 4.69) is 39.8 Å². The summed E-state index contributed by atoms with van der Waals surface area (Å²) in [5, 5.41) is 6.03. The van der Waals surface area contributed by atoms with Crippen LogP contribution < -0.4 is 15.5 Å². The second-order valence-electron chi connectivity index (χ2n) is 5.16. The van der Waals surface area contributed by atoms with Crippen molar-refractivity contribution in [3.05, 3.63) is 30.3 Å². The minimum atomic E-state index is -0.00240. The number of amides is 2. The number of carbonyl (C=O) groups is 1. The van der Waals surface area contributed by atoms with Gasteiger partial charge >= 0.3 is 6.03 Å². The summed E-state index contributed by atoms with van der Waals surface area (Å²) in [6, 6.07) is 11.1. The van der Waals surface area contributed by atoms with Crippen LogP contribution in [-0.4, -0.2) is 31.2 Å². The fourth-order valence-electron chi connectivity index (χ4n) is 2.39. The summed E-state index contributed by atoms with van der Waals surface area (Å²) in [6.07, 6.45) is 3.29. The smallest absolute Gasteiger partial charge is 0.315 e. The van der Waals surface area contributed by atoms with Crippen molar-refractivity contribution in [1.29, 1.82) is 0 Å². The minimum absolute atomic E-state index is 0.00240. The Morgan fingerprint density at radius 2 is 1.78 bits per heavy atom. The molecule has 1 aromatic rings. The van der Waals surface area contributed by atoms with Crippen LogP contribution in [0.1, 0.15) is 19.3 Å². The minimum Gasteiger partial charge on any atom is -0.369 e. The van der Waals surface area contributed by atoms with Gasteiger partial charge in [0.25, 0.3) is 0 Å². The predicted molar refractivity (Wildman–Crippen MR) is 71.7 cm³/mol. The first kappa shape index (κ1) is 11.4. The van der Waals surface area contributed by atoms with E-state index in [4.69, 9.17) is 0 Å². The van der Waals surface area contributed by atoms with E-state index in [1.54, 1.807) is 0 Å². The largest absolute Gasteiger partial charge is 0.369 e. The van der Waals surface area contributed by atoms with Crippen LogP contribution >= 0.6 is 0 Å². The molecule has 1 saturated heterocycles. The fraction of sp³-hybridized carbons (Fsp3) is 0.500. The van der Waals surface area contributed by atoms with Crippen LogP contribution in [0.15, 0.2) is 30.3 Å². The lowest BCUT2D eigenvalue weighted by Gasteiger charge is -2.19. The van der Waals surface area contributed by atoms with Crippen LogP contribution in [0.2, 0.25) is 0 Å². The summed E-state index contributed by atoms with van der Waals surface area (Å²) in [4.78, 5) is 14.0. The number of hydrogen-bond acceptors (Lipinski definition) is 2. The highest BCUT2D eigenvalue weighted by Crippen LogP contribution is 2.20. The molecule has 4 heteroatoms. The van der Waals surface area contributed by atoms with E-state index in [-0.39, 0.29) is 12.1 Å². The Morgan fingerprint density at radius 1 is 1.06 bits per heavy atom. The molecule has 96 valence electrons. The van der Waals surface area contributed by atoms with Gasteiger partial charge in [-0.25, -0.2) is 4.79 Å². The molecule has 4 nitrogen and oxygen atoms in total. The van der Waals surface area contributed by atoms with Gasteiger partial charge in [0.05, 0.1) is 0 Å². The molecule has 1 atom stereocenters. The van der Waals surface area contributed by atoms with Crippen molar-refractivity contribution in [2.45, 2.75) is 31.3 Å². The van der Waals surface area contributed by atoms with Gasteiger partial charge in [0.2, 0.25) is 0 Å². The number of para-hydroxylation sites is 1. The van der Waals surface area contributed by atoms with Gasteiger partial charge < -0.3 is 15.5 Å². The van der Waals surface area contributed by atoms with Gasteiger partial charge in [-0.15, -0.1) is 0 Å². The van der Waals surface area contributed by atoms with Crippen molar-refractivity contribution in [3.8, 4) is 0 Å². The Morgan fingerprint density at radius 3 is 2.50 bits per heavy atom. The molecule has 1 saturated carbocycles. The highest BCUT2D eigenvalue weighted by molar-refractivity contribution is 5.75. The SMILES string of the molecule is O=C(NC1CC1)N[C@@H]1CCN(c2ccccc2)C1. The lowest BCUT2D eigenvalue weighted by atomic mass is 10.3. The number of hydrogen-bond donors (Lipinski definition) is 2. The van der Waals surface area contributed by atoms with Gasteiger partial charge in [0.15, 0.2) is 0 Å². The Labute approximate surface area is 107 Å². The first-order valence-corrected chi connectivity index (χ1v) is 6.68. The van der Waals surface area contributed by atoms with Crippen molar-refractivity contribution in [1.82, 2.24) is 10.6 Å².